The molecule has 104 valence electrons. The number of anilines is 1. The first-order valence-corrected chi connectivity index (χ1v) is 6.87. The predicted octanol–water partition coefficient (Wildman–Crippen LogP) is 1.12. The van der Waals surface area contributed by atoms with Gasteiger partial charge in [-0.1, -0.05) is 18.2 Å². The zero-order valence-corrected chi connectivity index (χ0v) is 12.0. The minimum atomic E-state index is -0.133. The Morgan fingerprint density at radius 3 is 2.89 bits per heavy atom. The third-order valence-electron chi connectivity index (χ3n) is 3.53. The second-order valence-electron chi connectivity index (χ2n) is 5.35. The largest absolute Gasteiger partial charge is 0.310 e. The topological polar surface area (TPSA) is 35.6 Å². The Kier molecular flexibility index (Phi) is 4.56. The van der Waals surface area contributed by atoms with E-state index in [4.69, 9.17) is 0 Å². The fourth-order valence-corrected chi connectivity index (χ4v) is 2.39. The van der Waals surface area contributed by atoms with E-state index in [9.17, 15) is 4.79 Å². The van der Waals surface area contributed by atoms with Gasteiger partial charge in [0.1, 0.15) is 0 Å². The van der Waals surface area contributed by atoms with Gasteiger partial charge in [-0.05, 0) is 39.1 Å². The van der Waals surface area contributed by atoms with Crippen molar-refractivity contribution in [3.05, 3.63) is 29.8 Å². The van der Waals surface area contributed by atoms with Gasteiger partial charge >= 0.3 is 0 Å². The van der Waals surface area contributed by atoms with Gasteiger partial charge in [0, 0.05) is 25.3 Å². The maximum Gasteiger partial charge on any atom is 0.243 e. The quantitative estimate of drug-likeness (QED) is 0.862. The molecule has 1 aromatic rings. The van der Waals surface area contributed by atoms with Crippen molar-refractivity contribution in [3.8, 4) is 0 Å². The summed E-state index contributed by atoms with van der Waals surface area (Å²) in [4.78, 5) is 16.4. The highest BCUT2D eigenvalue weighted by atomic mass is 16.2. The molecule has 0 radical (unpaired) electrons. The number of para-hydroxylation sites is 1. The molecule has 0 aromatic heterocycles. The van der Waals surface area contributed by atoms with Crippen molar-refractivity contribution in [2.75, 3.05) is 38.6 Å². The van der Waals surface area contributed by atoms with Gasteiger partial charge in [-0.2, -0.15) is 0 Å². The van der Waals surface area contributed by atoms with Gasteiger partial charge in [-0.3, -0.25) is 4.79 Å². The van der Waals surface area contributed by atoms with Gasteiger partial charge in [-0.25, -0.2) is 0 Å². The van der Waals surface area contributed by atoms with Crippen LogP contribution in [0.4, 0.5) is 5.69 Å². The van der Waals surface area contributed by atoms with E-state index in [1.807, 2.05) is 44.1 Å². The first-order chi connectivity index (χ1) is 9.09. The monoisotopic (exact) mass is 261 g/mol. The fraction of sp³-hybridized carbons (Fsp3) is 0.533. The third-order valence-corrected chi connectivity index (χ3v) is 3.53. The molecule has 1 aliphatic heterocycles. The van der Waals surface area contributed by atoms with E-state index < -0.39 is 0 Å². The van der Waals surface area contributed by atoms with E-state index in [-0.39, 0.29) is 11.9 Å². The second kappa shape index (κ2) is 6.17. The summed E-state index contributed by atoms with van der Waals surface area (Å²) in [5, 5.41) is 3.29. The van der Waals surface area contributed by atoms with Crippen LogP contribution in [-0.2, 0) is 11.2 Å². The Bertz CT molecular complexity index is 445. The number of carbonyl (C=O) groups is 1. The fourth-order valence-electron chi connectivity index (χ4n) is 2.39. The molecule has 2 rings (SSSR count). The molecule has 1 amide bonds. The number of benzene rings is 1. The first kappa shape index (κ1) is 14.0. The van der Waals surface area contributed by atoms with Gasteiger partial charge in [0.05, 0.1) is 6.04 Å². The van der Waals surface area contributed by atoms with Crippen LogP contribution in [0.25, 0.3) is 0 Å². The van der Waals surface area contributed by atoms with E-state index in [0.29, 0.717) is 0 Å². The van der Waals surface area contributed by atoms with Crippen LogP contribution in [0.2, 0.25) is 0 Å². The summed E-state index contributed by atoms with van der Waals surface area (Å²) in [6.45, 7) is 4.51. The number of rotatable bonds is 5. The zero-order chi connectivity index (χ0) is 13.8. The van der Waals surface area contributed by atoms with Gasteiger partial charge in [0.25, 0.3) is 0 Å². The summed E-state index contributed by atoms with van der Waals surface area (Å²) >= 11 is 0. The van der Waals surface area contributed by atoms with Gasteiger partial charge in [0.2, 0.25) is 5.91 Å². The van der Waals surface area contributed by atoms with Crippen molar-refractivity contribution >= 4 is 11.6 Å². The van der Waals surface area contributed by atoms with Gasteiger partial charge in [-0.15, -0.1) is 0 Å². The Labute approximate surface area is 115 Å². The molecule has 0 aliphatic carbocycles. The van der Waals surface area contributed by atoms with Crippen LogP contribution in [0.3, 0.4) is 0 Å². The number of nitrogens with zero attached hydrogens (tertiary/aromatic N) is 2. The number of fused-ring (bicyclic) bond motifs is 1. The SMILES string of the molecule is C[C@H](NCCN(C)C)C(=O)N1CCc2ccccc21. The second-order valence-corrected chi connectivity index (χ2v) is 5.35. The van der Waals surface area contributed by atoms with Crippen molar-refractivity contribution in [1.82, 2.24) is 10.2 Å². The average molecular weight is 261 g/mol. The van der Waals surface area contributed by atoms with Crippen LogP contribution in [0, 0.1) is 0 Å². The third kappa shape index (κ3) is 3.33. The van der Waals surface area contributed by atoms with Crippen molar-refractivity contribution in [1.29, 1.82) is 0 Å². The lowest BCUT2D eigenvalue weighted by Gasteiger charge is -2.23. The average Bonchev–Trinajstić information content (AvgIpc) is 2.81. The van der Waals surface area contributed by atoms with Crippen molar-refractivity contribution in [2.24, 2.45) is 0 Å². The van der Waals surface area contributed by atoms with Crippen LogP contribution >= 0.6 is 0 Å². The van der Waals surface area contributed by atoms with Crippen LogP contribution in [0.15, 0.2) is 24.3 Å². The zero-order valence-electron chi connectivity index (χ0n) is 12.0. The summed E-state index contributed by atoms with van der Waals surface area (Å²) in [6.07, 6.45) is 0.965. The van der Waals surface area contributed by atoms with Crippen LogP contribution in [0.1, 0.15) is 12.5 Å². The Morgan fingerprint density at radius 2 is 2.16 bits per heavy atom. The summed E-state index contributed by atoms with van der Waals surface area (Å²) in [6, 6.07) is 8.03. The molecule has 0 spiro atoms. The molecule has 1 heterocycles. The molecule has 0 fully saturated rings. The van der Waals surface area contributed by atoms with Crippen molar-refractivity contribution in [3.63, 3.8) is 0 Å². The highest BCUT2D eigenvalue weighted by Gasteiger charge is 2.27. The van der Waals surface area contributed by atoms with Crippen LogP contribution < -0.4 is 10.2 Å². The summed E-state index contributed by atoms with van der Waals surface area (Å²) in [5.74, 6) is 0.170. The lowest BCUT2D eigenvalue weighted by atomic mass is 10.2. The molecule has 0 unspecified atom stereocenters. The predicted molar refractivity (Wildman–Crippen MR) is 78.5 cm³/mol. The Hall–Kier alpha value is -1.39. The Morgan fingerprint density at radius 1 is 1.42 bits per heavy atom. The summed E-state index contributed by atoms with van der Waals surface area (Å²) < 4.78 is 0. The highest BCUT2D eigenvalue weighted by Crippen LogP contribution is 2.27. The van der Waals surface area contributed by atoms with E-state index >= 15 is 0 Å². The number of hydrogen-bond donors (Lipinski definition) is 1. The highest BCUT2D eigenvalue weighted by molar-refractivity contribution is 5.98. The smallest absolute Gasteiger partial charge is 0.243 e. The number of likely N-dealkylation sites (N-methyl/N-ethyl adjacent to an activating group) is 1. The van der Waals surface area contributed by atoms with E-state index in [1.54, 1.807) is 0 Å². The lowest BCUT2D eigenvalue weighted by molar-refractivity contribution is -0.120. The Balaban J connectivity index is 1.94. The van der Waals surface area contributed by atoms with Crippen molar-refractivity contribution in [2.45, 2.75) is 19.4 Å². The number of hydrogen-bond acceptors (Lipinski definition) is 3. The normalized spacial score (nSPS) is 15.7. The molecule has 0 bridgehead atoms. The molecule has 1 N–H and O–H groups in total. The summed E-state index contributed by atoms with van der Waals surface area (Å²) in [5.41, 5.74) is 2.35. The molecule has 1 atom stereocenters. The number of nitrogens with one attached hydrogen (secondary N) is 1. The standard InChI is InChI=1S/C15H23N3O/c1-12(16-9-11-17(2)3)15(19)18-10-8-13-6-4-5-7-14(13)18/h4-7,12,16H,8-11H2,1-3H3/t12-/m0/s1. The lowest BCUT2D eigenvalue weighted by Crippen LogP contribution is -2.46. The molecule has 0 saturated carbocycles. The maximum atomic E-state index is 12.4. The molecule has 0 saturated heterocycles. The number of amides is 1. The number of carbonyl (C=O) groups excluding carboxylic acids is 1. The van der Waals surface area contributed by atoms with Gasteiger partial charge < -0.3 is 15.1 Å². The molecule has 4 heteroatoms. The van der Waals surface area contributed by atoms with Crippen LogP contribution in [-0.4, -0.2) is 50.6 Å². The molecule has 1 aliphatic rings. The van der Waals surface area contributed by atoms with Crippen molar-refractivity contribution < 1.29 is 4.79 Å². The minimum absolute atomic E-state index is 0.133. The molecular weight excluding hydrogens is 238 g/mol. The maximum absolute atomic E-state index is 12.4. The van der Waals surface area contributed by atoms with E-state index in [0.717, 1.165) is 31.7 Å². The minimum Gasteiger partial charge on any atom is -0.310 e. The summed E-state index contributed by atoms with van der Waals surface area (Å²) in [7, 11) is 4.07. The van der Waals surface area contributed by atoms with E-state index in [1.165, 1.54) is 5.56 Å². The first-order valence-electron chi connectivity index (χ1n) is 6.87. The van der Waals surface area contributed by atoms with E-state index in [2.05, 4.69) is 16.3 Å². The molecule has 1 aromatic carbocycles. The molecule has 4 nitrogen and oxygen atoms in total. The molecular formula is C15H23N3O. The van der Waals surface area contributed by atoms with Gasteiger partial charge in [0.15, 0.2) is 0 Å². The molecule has 19 heavy (non-hydrogen) atoms. The van der Waals surface area contributed by atoms with Crippen LogP contribution in [0.5, 0.6) is 0 Å².